The molecule has 0 saturated heterocycles. The minimum atomic E-state index is 0. The second-order valence-corrected chi connectivity index (χ2v) is 4.14. The summed E-state index contributed by atoms with van der Waals surface area (Å²) >= 11 is 5.83. The maximum Gasteiger partial charge on any atom is 0.0416 e. The van der Waals surface area contributed by atoms with Crippen LogP contribution in [0, 0.1) is 0 Å². The summed E-state index contributed by atoms with van der Waals surface area (Å²) in [6.07, 6.45) is 3.60. The predicted molar refractivity (Wildman–Crippen MR) is 87.0 cm³/mol. The molecule has 0 amide bonds. The van der Waals surface area contributed by atoms with E-state index in [0.717, 1.165) is 28.4 Å². The van der Waals surface area contributed by atoms with Gasteiger partial charge in [-0.2, -0.15) is 0 Å². The zero-order valence-corrected chi connectivity index (χ0v) is 12.9. The Hall–Kier alpha value is -1.07. The van der Waals surface area contributed by atoms with Gasteiger partial charge in [0.15, 0.2) is 0 Å². The van der Waals surface area contributed by atoms with E-state index in [4.69, 9.17) is 11.6 Å². The lowest BCUT2D eigenvalue weighted by atomic mass is 10.1. The van der Waals surface area contributed by atoms with Gasteiger partial charge in [0.2, 0.25) is 0 Å². The summed E-state index contributed by atoms with van der Waals surface area (Å²) in [6, 6.07) is 11.5. The third-order valence-electron chi connectivity index (χ3n) is 2.42. The summed E-state index contributed by atoms with van der Waals surface area (Å²) in [5.41, 5.74) is 3.05. The Morgan fingerprint density at radius 2 is 1.94 bits per heavy atom. The number of rotatable bonds is 4. The lowest BCUT2D eigenvalue weighted by molar-refractivity contribution is 0.884. The van der Waals surface area contributed by atoms with Crippen LogP contribution in [0.4, 0.5) is 0 Å². The topological polar surface area (TPSA) is 24.9 Å². The molecule has 1 heterocycles. The molecule has 0 bridgehead atoms. The van der Waals surface area contributed by atoms with E-state index in [1.807, 2.05) is 42.6 Å². The molecule has 0 aliphatic carbocycles. The van der Waals surface area contributed by atoms with E-state index in [1.54, 1.807) is 6.20 Å². The van der Waals surface area contributed by atoms with Gasteiger partial charge in [-0.1, -0.05) is 36.4 Å². The molecule has 0 atom stereocenters. The van der Waals surface area contributed by atoms with Crippen LogP contribution in [0.1, 0.15) is 11.1 Å². The zero-order valence-electron chi connectivity index (χ0n) is 9.77. The van der Waals surface area contributed by atoms with E-state index in [-0.39, 0.29) is 24.0 Å². The van der Waals surface area contributed by atoms with Gasteiger partial charge < -0.3 is 5.32 Å². The fraction of sp³-hybridized carbons (Fsp3) is 0.0714. The lowest BCUT2D eigenvalue weighted by Gasteiger charge is -2.09. The first-order valence-electron chi connectivity index (χ1n) is 5.33. The van der Waals surface area contributed by atoms with Crippen molar-refractivity contribution >= 4 is 41.3 Å². The fourth-order valence-corrected chi connectivity index (χ4v) is 1.59. The van der Waals surface area contributed by atoms with Crippen molar-refractivity contribution in [2.24, 2.45) is 0 Å². The summed E-state index contributed by atoms with van der Waals surface area (Å²) in [5, 5.41) is 3.99. The Morgan fingerprint density at radius 3 is 2.56 bits per heavy atom. The van der Waals surface area contributed by atoms with E-state index in [9.17, 15) is 0 Å². The van der Waals surface area contributed by atoms with Crippen LogP contribution in [0.5, 0.6) is 0 Å². The van der Waals surface area contributed by atoms with E-state index in [2.05, 4.69) is 16.9 Å². The molecule has 18 heavy (non-hydrogen) atoms. The van der Waals surface area contributed by atoms with Crippen LogP contribution in [-0.2, 0) is 6.54 Å². The maximum absolute atomic E-state index is 5.83. The summed E-state index contributed by atoms with van der Waals surface area (Å²) in [7, 11) is 0. The zero-order chi connectivity index (χ0) is 12.1. The Kier molecular flexibility index (Phi) is 6.15. The van der Waals surface area contributed by atoms with Crippen LogP contribution in [0.3, 0.4) is 0 Å². The number of nitrogens with zero attached hydrogens (tertiary/aromatic N) is 1. The van der Waals surface area contributed by atoms with Crippen molar-refractivity contribution in [2.45, 2.75) is 6.54 Å². The van der Waals surface area contributed by atoms with Gasteiger partial charge >= 0.3 is 0 Å². The molecule has 0 fully saturated rings. The van der Waals surface area contributed by atoms with E-state index < -0.39 is 0 Å². The molecule has 1 aromatic heterocycles. The average Bonchev–Trinajstić information content (AvgIpc) is 2.38. The largest absolute Gasteiger partial charge is 0.381 e. The number of benzene rings is 1. The predicted octanol–water partition coefficient (Wildman–Crippen LogP) is 4.11. The van der Waals surface area contributed by atoms with E-state index in [1.165, 1.54) is 0 Å². The van der Waals surface area contributed by atoms with E-state index in [0.29, 0.717) is 0 Å². The van der Waals surface area contributed by atoms with Crippen molar-refractivity contribution in [3.05, 3.63) is 71.5 Å². The first-order chi connectivity index (χ1) is 8.25. The van der Waals surface area contributed by atoms with Gasteiger partial charge in [0.25, 0.3) is 0 Å². The van der Waals surface area contributed by atoms with Crippen molar-refractivity contribution in [1.82, 2.24) is 10.3 Å². The average molecular weight is 373 g/mol. The summed E-state index contributed by atoms with van der Waals surface area (Å²) in [4.78, 5) is 4.06. The molecule has 94 valence electrons. The lowest BCUT2D eigenvalue weighted by Crippen LogP contribution is -2.10. The van der Waals surface area contributed by atoms with Gasteiger partial charge in [-0.3, -0.25) is 4.98 Å². The van der Waals surface area contributed by atoms with Gasteiger partial charge in [-0.25, -0.2) is 0 Å². The number of pyridine rings is 1. The maximum atomic E-state index is 5.83. The SMILES string of the molecule is C=C(NCc1cccnc1)c1ccc(Cl)cc1.I. The van der Waals surface area contributed by atoms with Crippen molar-refractivity contribution in [3.8, 4) is 0 Å². The molecule has 2 rings (SSSR count). The Labute approximate surface area is 129 Å². The van der Waals surface area contributed by atoms with Crippen LogP contribution in [0.2, 0.25) is 5.02 Å². The highest BCUT2D eigenvalue weighted by molar-refractivity contribution is 14.0. The highest BCUT2D eigenvalue weighted by Gasteiger charge is 1.98. The van der Waals surface area contributed by atoms with Gasteiger partial charge in [-0.05, 0) is 29.3 Å². The van der Waals surface area contributed by atoms with Crippen molar-refractivity contribution in [2.75, 3.05) is 0 Å². The van der Waals surface area contributed by atoms with Crippen LogP contribution in [0.15, 0.2) is 55.4 Å². The number of hydrogen-bond donors (Lipinski definition) is 1. The molecule has 0 spiro atoms. The van der Waals surface area contributed by atoms with Crippen molar-refractivity contribution < 1.29 is 0 Å². The highest BCUT2D eigenvalue weighted by Crippen LogP contribution is 2.14. The molecule has 0 aliphatic rings. The highest BCUT2D eigenvalue weighted by atomic mass is 127. The normalized spacial score (nSPS) is 9.39. The molecule has 0 unspecified atom stereocenters. The Bertz CT molecular complexity index is 497. The van der Waals surface area contributed by atoms with Crippen LogP contribution < -0.4 is 5.32 Å². The van der Waals surface area contributed by atoms with Crippen molar-refractivity contribution in [1.29, 1.82) is 0 Å². The minimum Gasteiger partial charge on any atom is -0.381 e. The summed E-state index contributed by atoms with van der Waals surface area (Å²) < 4.78 is 0. The van der Waals surface area contributed by atoms with Crippen molar-refractivity contribution in [3.63, 3.8) is 0 Å². The fourth-order valence-electron chi connectivity index (χ4n) is 1.46. The molecule has 1 aromatic carbocycles. The van der Waals surface area contributed by atoms with E-state index >= 15 is 0 Å². The number of aromatic nitrogens is 1. The van der Waals surface area contributed by atoms with Crippen LogP contribution in [-0.4, -0.2) is 4.98 Å². The van der Waals surface area contributed by atoms with Crippen LogP contribution >= 0.6 is 35.6 Å². The molecule has 0 saturated carbocycles. The van der Waals surface area contributed by atoms with Gasteiger partial charge in [-0.15, -0.1) is 24.0 Å². The third-order valence-corrected chi connectivity index (χ3v) is 2.67. The quantitative estimate of drug-likeness (QED) is 0.817. The minimum absolute atomic E-state index is 0. The molecule has 0 radical (unpaired) electrons. The first-order valence-corrected chi connectivity index (χ1v) is 5.71. The molecular weight excluding hydrogens is 359 g/mol. The second-order valence-electron chi connectivity index (χ2n) is 3.70. The standard InChI is InChI=1S/C14H13ClN2.HI/c1-11(13-4-6-14(15)7-5-13)17-10-12-3-2-8-16-9-12;/h2-9,17H,1,10H2;1H. The number of halogens is 2. The van der Waals surface area contributed by atoms with Gasteiger partial charge in [0, 0.05) is 29.7 Å². The smallest absolute Gasteiger partial charge is 0.0416 e. The Morgan fingerprint density at radius 1 is 1.22 bits per heavy atom. The summed E-state index contributed by atoms with van der Waals surface area (Å²) in [6.45, 7) is 4.71. The summed E-state index contributed by atoms with van der Waals surface area (Å²) in [5.74, 6) is 0. The third kappa shape index (κ3) is 4.31. The first kappa shape index (κ1) is 15.0. The molecule has 0 aliphatic heterocycles. The molecule has 2 nitrogen and oxygen atoms in total. The molecule has 2 aromatic rings. The Balaban J connectivity index is 0.00000162. The molecular formula is C14H14ClIN2. The number of nitrogens with one attached hydrogen (secondary N) is 1. The molecule has 1 N–H and O–H groups in total. The van der Waals surface area contributed by atoms with Gasteiger partial charge in [0.05, 0.1) is 0 Å². The molecule has 4 heteroatoms. The van der Waals surface area contributed by atoms with Gasteiger partial charge in [0.1, 0.15) is 0 Å². The number of hydrogen-bond acceptors (Lipinski definition) is 2. The van der Waals surface area contributed by atoms with Crippen LogP contribution in [0.25, 0.3) is 5.70 Å². The second kappa shape index (κ2) is 7.38. The monoisotopic (exact) mass is 372 g/mol.